The molecule has 6 heteroatoms. The van der Waals surface area contributed by atoms with Crippen LogP contribution in [0.5, 0.6) is 0 Å². The molecule has 0 spiro atoms. The predicted octanol–water partition coefficient (Wildman–Crippen LogP) is 0.978. The van der Waals surface area contributed by atoms with Crippen molar-refractivity contribution in [2.24, 2.45) is 0 Å². The number of amides is 1. The van der Waals surface area contributed by atoms with E-state index in [1.54, 1.807) is 31.3 Å². The van der Waals surface area contributed by atoms with E-state index in [0.29, 0.717) is 17.9 Å². The van der Waals surface area contributed by atoms with Crippen LogP contribution in [0.1, 0.15) is 21.9 Å². The van der Waals surface area contributed by atoms with Gasteiger partial charge < -0.3 is 14.4 Å². The monoisotopic (exact) mass is 220 g/mol. The van der Waals surface area contributed by atoms with E-state index in [-0.39, 0.29) is 5.91 Å². The van der Waals surface area contributed by atoms with E-state index < -0.39 is 0 Å². The van der Waals surface area contributed by atoms with Crippen LogP contribution in [0.3, 0.4) is 0 Å². The van der Waals surface area contributed by atoms with Crippen molar-refractivity contribution in [1.29, 1.82) is 0 Å². The summed E-state index contributed by atoms with van der Waals surface area (Å²) in [6.07, 6.45) is 4.80. The summed E-state index contributed by atoms with van der Waals surface area (Å²) in [6.45, 7) is 2.14. The third-order valence-corrected chi connectivity index (χ3v) is 2.27. The molecule has 0 fully saturated rings. The first kappa shape index (κ1) is 10.4. The second kappa shape index (κ2) is 4.18. The van der Waals surface area contributed by atoms with Gasteiger partial charge in [-0.1, -0.05) is 5.16 Å². The molecule has 0 radical (unpaired) electrons. The number of carbonyl (C=O) groups excluding carboxylic acids is 1. The van der Waals surface area contributed by atoms with Crippen molar-refractivity contribution in [3.8, 4) is 0 Å². The number of hydrogen-bond donors (Lipinski definition) is 1. The Morgan fingerprint density at radius 2 is 2.44 bits per heavy atom. The Balaban J connectivity index is 2.08. The van der Waals surface area contributed by atoms with Gasteiger partial charge in [0.1, 0.15) is 17.1 Å². The van der Waals surface area contributed by atoms with Crippen molar-refractivity contribution in [1.82, 2.24) is 20.0 Å². The Morgan fingerprint density at radius 1 is 1.62 bits per heavy atom. The highest BCUT2D eigenvalue weighted by Crippen LogP contribution is 2.10. The van der Waals surface area contributed by atoms with Gasteiger partial charge in [-0.2, -0.15) is 0 Å². The molecule has 16 heavy (non-hydrogen) atoms. The van der Waals surface area contributed by atoms with Crippen molar-refractivity contribution >= 4 is 5.91 Å². The topological polar surface area (TPSA) is 75.0 Å². The zero-order chi connectivity index (χ0) is 11.5. The van der Waals surface area contributed by atoms with Gasteiger partial charge in [0.05, 0.1) is 12.7 Å². The molecule has 0 aromatic carbocycles. The summed E-state index contributed by atoms with van der Waals surface area (Å²) in [5.41, 5.74) is 0.481. The number of hydrogen-bond acceptors (Lipinski definition) is 4. The highest BCUT2D eigenvalue weighted by molar-refractivity contribution is 5.94. The van der Waals surface area contributed by atoms with Crippen LogP contribution in [0, 0.1) is 6.92 Å². The first-order valence-electron chi connectivity index (χ1n) is 4.83. The van der Waals surface area contributed by atoms with E-state index >= 15 is 0 Å². The fraction of sp³-hybridized carbons (Fsp3) is 0.300. The Bertz CT molecular complexity index is 475. The number of rotatable bonds is 3. The number of aromatic nitrogens is 3. The lowest BCUT2D eigenvalue weighted by atomic mass is 10.2. The van der Waals surface area contributed by atoms with Crippen molar-refractivity contribution in [3.63, 3.8) is 0 Å². The number of aromatic amines is 1. The Hall–Kier alpha value is -2.11. The van der Waals surface area contributed by atoms with E-state index in [4.69, 9.17) is 4.52 Å². The molecule has 0 saturated heterocycles. The highest BCUT2D eigenvalue weighted by Gasteiger charge is 2.17. The number of H-pyrrole nitrogens is 1. The molecule has 1 N–H and O–H groups in total. The first-order valence-corrected chi connectivity index (χ1v) is 4.83. The van der Waals surface area contributed by atoms with Crippen molar-refractivity contribution in [2.45, 2.75) is 13.5 Å². The standard InChI is InChI=1S/C10H12N4O2/c1-7-8(5-13-16-7)10(15)14(2)6-9-11-3-4-12-9/h3-5H,6H2,1-2H3,(H,11,12). The molecule has 0 aliphatic carbocycles. The second-order valence-corrected chi connectivity index (χ2v) is 3.49. The van der Waals surface area contributed by atoms with Crippen LogP contribution < -0.4 is 0 Å². The number of aryl methyl sites for hydroxylation is 1. The zero-order valence-corrected chi connectivity index (χ0v) is 9.10. The molecule has 84 valence electrons. The van der Waals surface area contributed by atoms with Gasteiger partial charge in [0.2, 0.25) is 0 Å². The van der Waals surface area contributed by atoms with Gasteiger partial charge in [0.25, 0.3) is 5.91 Å². The zero-order valence-electron chi connectivity index (χ0n) is 9.10. The van der Waals surface area contributed by atoms with Gasteiger partial charge in [-0.3, -0.25) is 4.79 Å². The third kappa shape index (κ3) is 1.95. The fourth-order valence-electron chi connectivity index (χ4n) is 1.39. The molecule has 0 unspecified atom stereocenters. The van der Waals surface area contributed by atoms with Gasteiger partial charge in [-0.15, -0.1) is 0 Å². The summed E-state index contributed by atoms with van der Waals surface area (Å²) < 4.78 is 4.85. The Morgan fingerprint density at radius 3 is 3.00 bits per heavy atom. The van der Waals surface area contributed by atoms with E-state index in [9.17, 15) is 4.79 Å². The lowest BCUT2D eigenvalue weighted by molar-refractivity contribution is 0.0780. The molecule has 0 aliphatic heterocycles. The van der Waals surface area contributed by atoms with E-state index in [1.165, 1.54) is 6.20 Å². The molecule has 0 bridgehead atoms. The highest BCUT2D eigenvalue weighted by atomic mass is 16.5. The maximum atomic E-state index is 11.9. The van der Waals surface area contributed by atoms with E-state index in [2.05, 4.69) is 15.1 Å². The maximum absolute atomic E-state index is 11.9. The fourth-order valence-corrected chi connectivity index (χ4v) is 1.39. The molecule has 1 amide bonds. The smallest absolute Gasteiger partial charge is 0.259 e. The number of nitrogens with zero attached hydrogens (tertiary/aromatic N) is 3. The molecule has 0 saturated carbocycles. The number of imidazole rings is 1. The molecule has 2 aromatic rings. The minimum absolute atomic E-state index is 0.129. The van der Waals surface area contributed by atoms with Crippen LogP contribution in [0.15, 0.2) is 23.1 Å². The molecule has 2 aromatic heterocycles. The summed E-state index contributed by atoms with van der Waals surface area (Å²) in [6, 6.07) is 0. The lowest BCUT2D eigenvalue weighted by Crippen LogP contribution is -2.26. The van der Waals surface area contributed by atoms with Gasteiger partial charge >= 0.3 is 0 Å². The van der Waals surface area contributed by atoms with Crippen molar-refractivity contribution in [2.75, 3.05) is 7.05 Å². The van der Waals surface area contributed by atoms with Crippen LogP contribution >= 0.6 is 0 Å². The summed E-state index contributed by atoms with van der Waals surface area (Å²) in [4.78, 5) is 20.5. The Labute approximate surface area is 92.3 Å². The maximum Gasteiger partial charge on any atom is 0.259 e. The van der Waals surface area contributed by atoms with E-state index in [1.807, 2.05) is 0 Å². The van der Waals surface area contributed by atoms with Crippen molar-refractivity contribution < 1.29 is 9.32 Å². The summed E-state index contributed by atoms with van der Waals surface area (Å²) >= 11 is 0. The summed E-state index contributed by atoms with van der Waals surface area (Å²) in [5, 5.41) is 3.58. The van der Waals surface area contributed by atoms with Crippen LogP contribution in [0.2, 0.25) is 0 Å². The molecule has 0 aliphatic rings. The third-order valence-electron chi connectivity index (χ3n) is 2.27. The number of nitrogens with one attached hydrogen (secondary N) is 1. The Kier molecular flexibility index (Phi) is 2.72. The van der Waals surface area contributed by atoms with Crippen molar-refractivity contribution in [3.05, 3.63) is 35.7 Å². The molecule has 2 rings (SSSR count). The lowest BCUT2D eigenvalue weighted by Gasteiger charge is -2.14. The minimum Gasteiger partial charge on any atom is -0.361 e. The van der Waals surface area contributed by atoms with Gasteiger partial charge in [-0.25, -0.2) is 4.98 Å². The normalized spacial score (nSPS) is 10.4. The molecule has 2 heterocycles. The molecular formula is C10H12N4O2. The van der Waals surface area contributed by atoms with Crippen LogP contribution in [0.4, 0.5) is 0 Å². The van der Waals surface area contributed by atoms with Gasteiger partial charge in [0.15, 0.2) is 0 Å². The van der Waals surface area contributed by atoms with Crippen LogP contribution in [0.25, 0.3) is 0 Å². The second-order valence-electron chi connectivity index (χ2n) is 3.49. The molecule has 6 nitrogen and oxygen atoms in total. The SMILES string of the molecule is Cc1oncc1C(=O)N(C)Cc1ncc[nH]1. The van der Waals surface area contributed by atoms with Crippen LogP contribution in [-0.4, -0.2) is 33.0 Å². The van der Waals surface area contributed by atoms with Crippen LogP contribution in [-0.2, 0) is 6.54 Å². The quantitative estimate of drug-likeness (QED) is 0.836. The van der Waals surface area contributed by atoms with Gasteiger partial charge in [0, 0.05) is 19.4 Å². The summed E-state index contributed by atoms with van der Waals surface area (Å²) in [5.74, 6) is 1.14. The van der Waals surface area contributed by atoms with Gasteiger partial charge in [-0.05, 0) is 6.92 Å². The van der Waals surface area contributed by atoms with E-state index in [0.717, 1.165) is 5.82 Å². The average Bonchev–Trinajstić information content (AvgIpc) is 2.88. The first-order chi connectivity index (χ1) is 7.68. The minimum atomic E-state index is -0.129. The largest absolute Gasteiger partial charge is 0.361 e. The summed E-state index contributed by atoms with van der Waals surface area (Å²) in [7, 11) is 1.71. The average molecular weight is 220 g/mol. The number of carbonyl (C=O) groups is 1. The predicted molar refractivity (Wildman–Crippen MR) is 55.6 cm³/mol. The molecule has 0 atom stereocenters. The molecular weight excluding hydrogens is 208 g/mol.